The summed E-state index contributed by atoms with van der Waals surface area (Å²) in [4.78, 5) is 0. The average molecular weight is 365 g/mol. The van der Waals surface area contributed by atoms with Crippen LogP contribution in [0.4, 0.5) is 5.69 Å². The molecule has 2 aliphatic rings. The number of benzene rings is 2. The molecule has 0 saturated carbocycles. The van der Waals surface area contributed by atoms with Crippen molar-refractivity contribution >= 4 is 40.5 Å². The third-order valence-corrected chi connectivity index (χ3v) is 6.00. The minimum Gasteiger partial charge on any atom is -0.377 e. The van der Waals surface area contributed by atoms with Gasteiger partial charge < -0.3 is 5.32 Å². The fourth-order valence-corrected chi connectivity index (χ4v) is 4.53. The Morgan fingerprint density at radius 2 is 1.78 bits per heavy atom. The first-order valence-electron chi connectivity index (χ1n) is 7.73. The minimum absolute atomic E-state index is 0.157. The summed E-state index contributed by atoms with van der Waals surface area (Å²) in [6.45, 7) is 2.06. The molecule has 4 heteroatoms. The van der Waals surface area contributed by atoms with E-state index in [0.29, 0.717) is 21.9 Å². The lowest BCUT2D eigenvalue weighted by Gasteiger charge is -2.38. The van der Waals surface area contributed by atoms with E-state index in [2.05, 4.69) is 30.5 Å². The van der Waals surface area contributed by atoms with Crippen molar-refractivity contribution in [1.82, 2.24) is 0 Å². The summed E-state index contributed by atoms with van der Waals surface area (Å²) < 4.78 is 0. The van der Waals surface area contributed by atoms with E-state index in [9.17, 15) is 0 Å². The average Bonchev–Trinajstić information content (AvgIpc) is 3.00. The number of allylic oxidation sites excluding steroid dienone is 2. The smallest absolute Gasteiger partial charge is 0.0568 e. The van der Waals surface area contributed by atoms with Gasteiger partial charge in [0, 0.05) is 26.7 Å². The van der Waals surface area contributed by atoms with Crippen LogP contribution in [0.3, 0.4) is 0 Å². The summed E-state index contributed by atoms with van der Waals surface area (Å²) in [5, 5.41) is 5.87. The van der Waals surface area contributed by atoms with Crippen LogP contribution in [-0.2, 0) is 0 Å². The van der Waals surface area contributed by atoms with Gasteiger partial charge in [0.1, 0.15) is 0 Å². The van der Waals surface area contributed by atoms with E-state index < -0.39 is 0 Å². The molecule has 0 saturated heterocycles. The van der Waals surface area contributed by atoms with E-state index in [4.69, 9.17) is 34.8 Å². The highest BCUT2D eigenvalue weighted by atomic mass is 35.5. The minimum atomic E-state index is 0.157. The number of halogens is 3. The molecule has 0 fully saturated rings. The monoisotopic (exact) mass is 363 g/mol. The Morgan fingerprint density at radius 1 is 1.00 bits per heavy atom. The SMILES string of the molecule is Cc1c(Cl)ccc2c1N[C@H](c1ccc(Cl)cc1Cl)[C@@H]1CC=C[C@@H]21. The van der Waals surface area contributed by atoms with Gasteiger partial charge in [-0.1, -0.05) is 59.1 Å². The summed E-state index contributed by atoms with van der Waals surface area (Å²) in [5.41, 5.74) is 4.66. The van der Waals surface area contributed by atoms with Gasteiger partial charge in [0.15, 0.2) is 0 Å². The van der Waals surface area contributed by atoms with Crippen molar-refractivity contribution in [2.75, 3.05) is 5.32 Å². The van der Waals surface area contributed by atoms with Crippen LogP contribution in [0.2, 0.25) is 15.1 Å². The van der Waals surface area contributed by atoms with Crippen LogP contribution in [0.5, 0.6) is 0 Å². The second kappa shape index (κ2) is 5.73. The van der Waals surface area contributed by atoms with Crippen LogP contribution in [-0.4, -0.2) is 0 Å². The fourth-order valence-electron chi connectivity index (χ4n) is 3.85. The van der Waals surface area contributed by atoms with Gasteiger partial charge in [0.05, 0.1) is 6.04 Å². The first-order chi connectivity index (χ1) is 11.1. The number of hydrogen-bond acceptors (Lipinski definition) is 1. The molecule has 0 spiro atoms. The summed E-state index contributed by atoms with van der Waals surface area (Å²) >= 11 is 18.9. The van der Waals surface area contributed by atoms with Crippen molar-refractivity contribution in [1.29, 1.82) is 0 Å². The van der Waals surface area contributed by atoms with Crippen molar-refractivity contribution in [3.63, 3.8) is 0 Å². The third kappa shape index (κ3) is 2.46. The lowest BCUT2D eigenvalue weighted by Crippen LogP contribution is -2.29. The fraction of sp³-hybridized carbons (Fsp3) is 0.263. The van der Waals surface area contributed by atoms with E-state index in [0.717, 1.165) is 28.3 Å². The van der Waals surface area contributed by atoms with E-state index in [-0.39, 0.29) is 6.04 Å². The molecular weight excluding hydrogens is 349 g/mol. The van der Waals surface area contributed by atoms with Gasteiger partial charge in [-0.2, -0.15) is 0 Å². The summed E-state index contributed by atoms with van der Waals surface area (Å²) in [6.07, 6.45) is 5.63. The molecule has 0 unspecified atom stereocenters. The number of rotatable bonds is 1. The molecule has 1 aliphatic carbocycles. The molecular formula is C19H16Cl3N. The molecule has 0 aromatic heterocycles. The van der Waals surface area contributed by atoms with Crippen LogP contribution in [0.1, 0.15) is 35.1 Å². The summed E-state index contributed by atoms with van der Waals surface area (Å²) in [7, 11) is 0. The zero-order valence-electron chi connectivity index (χ0n) is 12.6. The van der Waals surface area contributed by atoms with Crippen LogP contribution < -0.4 is 5.32 Å². The Hall–Kier alpha value is -1.15. The van der Waals surface area contributed by atoms with Crippen LogP contribution >= 0.6 is 34.8 Å². The first kappa shape index (κ1) is 15.4. The predicted octanol–water partition coefficient (Wildman–Crippen LogP) is 6.78. The zero-order chi connectivity index (χ0) is 16.1. The van der Waals surface area contributed by atoms with Crippen molar-refractivity contribution in [3.8, 4) is 0 Å². The lowest BCUT2D eigenvalue weighted by molar-refractivity contribution is 0.425. The van der Waals surface area contributed by atoms with E-state index in [1.54, 1.807) is 0 Å². The van der Waals surface area contributed by atoms with Crippen molar-refractivity contribution < 1.29 is 0 Å². The Labute approximate surface area is 151 Å². The van der Waals surface area contributed by atoms with Crippen molar-refractivity contribution in [3.05, 3.63) is 74.2 Å². The van der Waals surface area contributed by atoms with Gasteiger partial charge in [0.25, 0.3) is 0 Å². The predicted molar refractivity (Wildman–Crippen MR) is 99.0 cm³/mol. The normalized spacial score (nSPS) is 25.0. The van der Waals surface area contributed by atoms with Gasteiger partial charge in [-0.3, -0.25) is 0 Å². The Morgan fingerprint density at radius 3 is 2.57 bits per heavy atom. The second-order valence-electron chi connectivity index (χ2n) is 6.28. The molecule has 2 aromatic carbocycles. The molecule has 0 amide bonds. The first-order valence-corrected chi connectivity index (χ1v) is 8.87. The molecule has 1 nitrogen and oxygen atoms in total. The highest BCUT2D eigenvalue weighted by Crippen LogP contribution is 2.52. The number of fused-ring (bicyclic) bond motifs is 3. The molecule has 0 bridgehead atoms. The summed E-state index contributed by atoms with van der Waals surface area (Å²) in [6, 6.07) is 10.0. The largest absolute Gasteiger partial charge is 0.377 e. The lowest BCUT2D eigenvalue weighted by atomic mass is 9.76. The van der Waals surface area contributed by atoms with Crippen LogP contribution in [0.25, 0.3) is 0 Å². The maximum Gasteiger partial charge on any atom is 0.0568 e. The van der Waals surface area contributed by atoms with E-state index in [1.807, 2.05) is 24.3 Å². The van der Waals surface area contributed by atoms with Gasteiger partial charge >= 0.3 is 0 Å². The molecule has 1 aliphatic heterocycles. The van der Waals surface area contributed by atoms with Crippen LogP contribution in [0, 0.1) is 12.8 Å². The molecule has 1 N–H and O–H groups in total. The molecule has 2 aromatic rings. The standard InChI is InChI=1S/C19H16Cl3N/c1-10-16(21)8-7-14-12-3-2-4-13(12)19(23-18(10)14)15-6-5-11(20)9-17(15)22/h2-3,5-9,12-13,19,23H,4H2,1H3/t12-,13-,19+/m1/s1. The Bertz CT molecular complexity index is 813. The quantitative estimate of drug-likeness (QED) is 0.550. The molecule has 23 heavy (non-hydrogen) atoms. The van der Waals surface area contributed by atoms with Crippen LogP contribution in [0.15, 0.2) is 42.5 Å². The number of hydrogen-bond donors (Lipinski definition) is 1. The maximum atomic E-state index is 6.48. The van der Waals surface area contributed by atoms with Crippen molar-refractivity contribution in [2.45, 2.75) is 25.3 Å². The molecule has 1 heterocycles. The van der Waals surface area contributed by atoms with E-state index in [1.165, 1.54) is 5.56 Å². The maximum absolute atomic E-state index is 6.48. The third-order valence-electron chi connectivity index (χ3n) is 5.03. The number of anilines is 1. The van der Waals surface area contributed by atoms with E-state index >= 15 is 0 Å². The highest BCUT2D eigenvalue weighted by Gasteiger charge is 2.39. The topological polar surface area (TPSA) is 12.0 Å². The van der Waals surface area contributed by atoms with Gasteiger partial charge in [0.2, 0.25) is 0 Å². The van der Waals surface area contributed by atoms with Crippen molar-refractivity contribution in [2.24, 2.45) is 5.92 Å². The molecule has 3 atom stereocenters. The van der Waals surface area contributed by atoms with Gasteiger partial charge in [-0.05, 0) is 54.2 Å². The Balaban J connectivity index is 1.85. The molecule has 4 rings (SSSR count). The molecule has 118 valence electrons. The highest BCUT2D eigenvalue weighted by molar-refractivity contribution is 6.35. The Kier molecular flexibility index (Phi) is 3.84. The molecule has 0 radical (unpaired) electrons. The van der Waals surface area contributed by atoms with Gasteiger partial charge in [-0.25, -0.2) is 0 Å². The summed E-state index contributed by atoms with van der Waals surface area (Å²) in [5.74, 6) is 0.862. The second-order valence-corrected chi connectivity index (χ2v) is 7.53. The zero-order valence-corrected chi connectivity index (χ0v) is 14.9. The van der Waals surface area contributed by atoms with Gasteiger partial charge in [-0.15, -0.1) is 0 Å². The number of nitrogens with one attached hydrogen (secondary N) is 1.